The fraction of sp³-hybridized carbons (Fsp3) is 0.385. The molecule has 2 amide bonds. The van der Waals surface area contributed by atoms with E-state index in [1.54, 1.807) is 4.90 Å². The summed E-state index contributed by atoms with van der Waals surface area (Å²) in [5.41, 5.74) is 4.37. The van der Waals surface area contributed by atoms with E-state index >= 15 is 0 Å². The molecule has 0 bridgehead atoms. The second-order valence-corrected chi connectivity index (χ2v) is 8.51. The lowest BCUT2D eigenvalue weighted by molar-refractivity contribution is 0.0564. The molecule has 7 heteroatoms. The number of nitrogens with zero attached hydrogens (tertiary/aromatic N) is 3. The molecular weight excluding hydrogens is 416 g/mol. The van der Waals surface area contributed by atoms with Gasteiger partial charge in [-0.05, 0) is 56.0 Å². The summed E-state index contributed by atoms with van der Waals surface area (Å²) < 4.78 is 13.4. The summed E-state index contributed by atoms with van der Waals surface area (Å²) in [6.07, 6.45) is 3.41. The Morgan fingerprint density at radius 3 is 2.58 bits per heavy atom. The number of hydrogen-bond acceptors (Lipinski definition) is 4. The van der Waals surface area contributed by atoms with E-state index in [1.165, 1.54) is 6.42 Å². The maximum atomic E-state index is 12.5. The number of morpholine rings is 1. The smallest absolute Gasteiger partial charge is 0.321 e. The van der Waals surface area contributed by atoms with Crippen LogP contribution in [0.1, 0.15) is 37.8 Å². The summed E-state index contributed by atoms with van der Waals surface area (Å²) in [5.74, 6) is 0.820. The van der Waals surface area contributed by atoms with Crippen LogP contribution in [0.2, 0.25) is 0 Å². The van der Waals surface area contributed by atoms with E-state index in [2.05, 4.69) is 22.0 Å². The van der Waals surface area contributed by atoms with Gasteiger partial charge in [0.2, 0.25) is 0 Å². The number of aromatic nitrogens is 1. The number of amides is 2. The lowest BCUT2D eigenvalue weighted by Crippen LogP contribution is -2.43. The molecule has 0 spiro atoms. The molecule has 2 heterocycles. The quantitative estimate of drug-likeness (QED) is 0.589. The normalized spacial score (nSPS) is 16.3. The van der Waals surface area contributed by atoms with Gasteiger partial charge in [0, 0.05) is 36.3 Å². The van der Waals surface area contributed by atoms with Crippen LogP contribution in [-0.4, -0.2) is 48.4 Å². The number of nitriles is 1. The summed E-state index contributed by atoms with van der Waals surface area (Å²) in [7, 11) is 0. The van der Waals surface area contributed by atoms with E-state index in [0.29, 0.717) is 44.5 Å². The molecule has 1 N–H and O–H groups in total. The summed E-state index contributed by atoms with van der Waals surface area (Å²) in [6.45, 7) is 4.91. The maximum Gasteiger partial charge on any atom is 0.321 e. The Morgan fingerprint density at radius 2 is 1.94 bits per heavy atom. The Kier molecular flexibility index (Phi) is 5.93. The molecule has 1 aromatic heterocycles. The average molecular weight is 445 g/mol. The second-order valence-electron chi connectivity index (χ2n) is 8.51. The average Bonchev–Trinajstić information content (AvgIpc) is 3.12. The minimum Gasteiger partial charge on any atom is -0.494 e. The Labute approximate surface area is 193 Å². The Morgan fingerprint density at radius 1 is 1.18 bits per heavy atom. The van der Waals surface area contributed by atoms with Crippen molar-refractivity contribution in [2.24, 2.45) is 0 Å². The molecule has 170 valence electrons. The van der Waals surface area contributed by atoms with Crippen LogP contribution in [0, 0.1) is 11.3 Å². The van der Waals surface area contributed by atoms with Gasteiger partial charge in [-0.15, -0.1) is 0 Å². The number of ether oxygens (including phenoxy) is 2. The summed E-state index contributed by atoms with van der Waals surface area (Å²) in [4.78, 5) is 14.3. The van der Waals surface area contributed by atoms with E-state index in [1.807, 2.05) is 43.3 Å². The third-order valence-corrected chi connectivity index (χ3v) is 6.55. The number of benzene rings is 2. The number of rotatable bonds is 5. The molecule has 3 aromatic rings. The Balaban J connectivity index is 1.51. The van der Waals surface area contributed by atoms with Crippen LogP contribution in [0.15, 0.2) is 42.5 Å². The molecule has 0 atom stereocenters. The summed E-state index contributed by atoms with van der Waals surface area (Å²) in [5, 5.41) is 14.0. The molecular formula is C26H28N4O3. The van der Waals surface area contributed by atoms with Gasteiger partial charge in [-0.2, -0.15) is 5.26 Å². The second kappa shape index (κ2) is 9.16. The third-order valence-electron chi connectivity index (χ3n) is 6.55. The van der Waals surface area contributed by atoms with Crippen molar-refractivity contribution < 1.29 is 14.3 Å². The minimum absolute atomic E-state index is 0.115. The van der Waals surface area contributed by atoms with Crippen molar-refractivity contribution >= 4 is 22.6 Å². The number of nitrogens with one attached hydrogen (secondary N) is 1. The van der Waals surface area contributed by atoms with Crippen molar-refractivity contribution in [3.8, 4) is 23.1 Å². The van der Waals surface area contributed by atoms with E-state index in [-0.39, 0.29) is 6.03 Å². The SMILES string of the molecule is CCOc1ccc2c(C#N)c(-c3ccc(NC(=O)N4CCOCC4)cc3)n(C3CCC3)c2c1. The number of urea groups is 1. The van der Waals surface area contributed by atoms with Crippen molar-refractivity contribution in [2.75, 3.05) is 38.2 Å². The minimum atomic E-state index is -0.115. The first kappa shape index (κ1) is 21.4. The highest BCUT2D eigenvalue weighted by Crippen LogP contribution is 2.43. The first-order chi connectivity index (χ1) is 16.2. The molecule has 1 saturated heterocycles. The lowest BCUT2D eigenvalue weighted by atomic mass is 9.92. The van der Waals surface area contributed by atoms with E-state index in [4.69, 9.17) is 9.47 Å². The molecule has 1 aliphatic heterocycles. The van der Waals surface area contributed by atoms with Gasteiger partial charge >= 0.3 is 6.03 Å². The molecule has 2 fully saturated rings. The van der Waals surface area contributed by atoms with Crippen LogP contribution in [0.4, 0.5) is 10.5 Å². The lowest BCUT2D eigenvalue weighted by Gasteiger charge is -2.30. The predicted octanol–water partition coefficient (Wildman–Crippen LogP) is 5.17. The van der Waals surface area contributed by atoms with Gasteiger partial charge in [0.25, 0.3) is 0 Å². The largest absolute Gasteiger partial charge is 0.494 e. The number of hydrogen-bond donors (Lipinski definition) is 1. The molecule has 2 aromatic carbocycles. The molecule has 1 saturated carbocycles. The topological polar surface area (TPSA) is 79.5 Å². The van der Waals surface area contributed by atoms with Gasteiger partial charge in [0.05, 0.1) is 36.6 Å². The van der Waals surface area contributed by atoms with Gasteiger partial charge in [0.1, 0.15) is 11.8 Å². The standard InChI is InChI=1S/C26H28N4O3/c1-2-33-21-10-11-22-23(17-27)25(30(24(22)16-21)20-4-3-5-20)18-6-8-19(9-7-18)28-26(31)29-12-14-32-15-13-29/h6-11,16,20H,2-5,12-15H2,1H3,(H,28,31). The zero-order valence-electron chi connectivity index (χ0n) is 18.8. The van der Waals surface area contributed by atoms with E-state index in [0.717, 1.165) is 46.4 Å². The van der Waals surface area contributed by atoms with Crippen molar-refractivity contribution in [2.45, 2.75) is 32.2 Å². The van der Waals surface area contributed by atoms with Crippen molar-refractivity contribution in [1.29, 1.82) is 5.26 Å². The summed E-state index contributed by atoms with van der Waals surface area (Å²) >= 11 is 0. The molecule has 0 radical (unpaired) electrons. The van der Waals surface area contributed by atoms with Crippen LogP contribution in [-0.2, 0) is 4.74 Å². The van der Waals surface area contributed by atoms with Crippen LogP contribution >= 0.6 is 0 Å². The molecule has 0 unspecified atom stereocenters. The van der Waals surface area contributed by atoms with Gasteiger partial charge in [-0.1, -0.05) is 12.1 Å². The molecule has 1 aliphatic carbocycles. The highest BCUT2D eigenvalue weighted by molar-refractivity contribution is 5.96. The number of fused-ring (bicyclic) bond motifs is 1. The van der Waals surface area contributed by atoms with E-state index in [9.17, 15) is 10.1 Å². The zero-order valence-corrected chi connectivity index (χ0v) is 18.8. The Bertz CT molecular complexity index is 1200. The molecule has 2 aliphatic rings. The summed E-state index contributed by atoms with van der Waals surface area (Å²) in [6, 6.07) is 16.5. The van der Waals surface area contributed by atoms with Crippen LogP contribution in [0.3, 0.4) is 0 Å². The number of carbonyl (C=O) groups excluding carboxylic acids is 1. The fourth-order valence-electron chi connectivity index (χ4n) is 4.65. The molecule has 5 rings (SSSR count). The van der Waals surface area contributed by atoms with Crippen molar-refractivity contribution in [1.82, 2.24) is 9.47 Å². The highest BCUT2D eigenvalue weighted by atomic mass is 16.5. The van der Waals surface area contributed by atoms with Crippen LogP contribution in [0.5, 0.6) is 5.75 Å². The maximum absolute atomic E-state index is 12.5. The van der Waals surface area contributed by atoms with Crippen LogP contribution < -0.4 is 10.1 Å². The Hall–Kier alpha value is -3.50. The van der Waals surface area contributed by atoms with Gasteiger partial charge in [0.15, 0.2) is 0 Å². The van der Waals surface area contributed by atoms with Crippen molar-refractivity contribution in [3.05, 3.63) is 48.0 Å². The number of anilines is 1. The van der Waals surface area contributed by atoms with Gasteiger partial charge < -0.3 is 24.3 Å². The molecule has 7 nitrogen and oxygen atoms in total. The van der Waals surface area contributed by atoms with Crippen LogP contribution in [0.25, 0.3) is 22.2 Å². The van der Waals surface area contributed by atoms with Gasteiger partial charge in [-0.25, -0.2) is 4.79 Å². The monoisotopic (exact) mass is 444 g/mol. The van der Waals surface area contributed by atoms with Crippen molar-refractivity contribution in [3.63, 3.8) is 0 Å². The third kappa shape index (κ3) is 4.03. The predicted molar refractivity (Wildman–Crippen MR) is 128 cm³/mol. The highest BCUT2D eigenvalue weighted by Gasteiger charge is 2.28. The van der Waals surface area contributed by atoms with Gasteiger partial charge in [-0.3, -0.25) is 0 Å². The zero-order chi connectivity index (χ0) is 22.8. The fourth-order valence-corrected chi connectivity index (χ4v) is 4.65. The molecule has 33 heavy (non-hydrogen) atoms. The number of carbonyl (C=O) groups is 1. The first-order valence-corrected chi connectivity index (χ1v) is 11.6. The first-order valence-electron chi connectivity index (χ1n) is 11.6. The van der Waals surface area contributed by atoms with E-state index < -0.39 is 0 Å².